The maximum Gasteiger partial charge on any atom is -0.00111 e. The molecule has 110 valence electrons. The molecular formula is C20H25N. The molecule has 1 aromatic rings. The van der Waals surface area contributed by atoms with Gasteiger partial charge in [0, 0.05) is 0 Å². The molecule has 0 spiro atoms. The van der Waals surface area contributed by atoms with Crippen molar-refractivity contribution in [3.63, 3.8) is 0 Å². The molecule has 1 fully saturated rings. The van der Waals surface area contributed by atoms with Crippen LogP contribution in [0.1, 0.15) is 44.2 Å². The van der Waals surface area contributed by atoms with Crippen LogP contribution in [0.25, 0.3) is 5.57 Å². The number of benzene rings is 1. The molecule has 0 amide bonds. The van der Waals surface area contributed by atoms with Crippen LogP contribution in [0.3, 0.4) is 0 Å². The molecule has 3 rings (SSSR count). The van der Waals surface area contributed by atoms with E-state index in [-0.39, 0.29) is 0 Å². The molecule has 1 aliphatic carbocycles. The summed E-state index contributed by atoms with van der Waals surface area (Å²) in [4.78, 5) is 0. The highest BCUT2D eigenvalue weighted by Crippen LogP contribution is 2.38. The lowest BCUT2D eigenvalue weighted by Gasteiger charge is -2.22. The van der Waals surface area contributed by atoms with Crippen LogP contribution in [0.4, 0.5) is 0 Å². The SMILES string of the molecule is C/C=C\C1=C(C)CCc2ccccc2C1=C1CCNCC1. The number of fused-ring (bicyclic) bond motifs is 1. The van der Waals surface area contributed by atoms with E-state index >= 15 is 0 Å². The number of hydrogen-bond donors (Lipinski definition) is 1. The van der Waals surface area contributed by atoms with Gasteiger partial charge >= 0.3 is 0 Å². The Morgan fingerprint density at radius 2 is 1.76 bits per heavy atom. The number of piperidine rings is 1. The van der Waals surface area contributed by atoms with Gasteiger partial charge in [-0.3, -0.25) is 0 Å². The molecule has 21 heavy (non-hydrogen) atoms. The van der Waals surface area contributed by atoms with E-state index in [1.165, 1.54) is 47.1 Å². The average molecular weight is 279 g/mol. The van der Waals surface area contributed by atoms with Crippen molar-refractivity contribution in [2.45, 2.75) is 39.5 Å². The van der Waals surface area contributed by atoms with Crippen LogP contribution in [-0.4, -0.2) is 13.1 Å². The molecule has 1 heterocycles. The van der Waals surface area contributed by atoms with Crippen molar-refractivity contribution < 1.29 is 0 Å². The Morgan fingerprint density at radius 3 is 2.52 bits per heavy atom. The maximum atomic E-state index is 3.48. The molecule has 1 aromatic carbocycles. The number of hydrogen-bond acceptors (Lipinski definition) is 1. The summed E-state index contributed by atoms with van der Waals surface area (Å²) in [5, 5.41) is 3.48. The van der Waals surface area contributed by atoms with Gasteiger partial charge in [-0.2, -0.15) is 0 Å². The fourth-order valence-corrected chi connectivity index (χ4v) is 3.55. The maximum absolute atomic E-state index is 3.48. The van der Waals surface area contributed by atoms with Crippen LogP contribution in [0, 0.1) is 0 Å². The number of allylic oxidation sites excluding steroid dienone is 5. The van der Waals surface area contributed by atoms with E-state index in [1.54, 1.807) is 5.57 Å². The van der Waals surface area contributed by atoms with E-state index in [1.807, 2.05) is 0 Å². The smallest absolute Gasteiger partial charge is 0.00111 e. The molecule has 1 N–H and O–H groups in total. The second-order valence-electron chi connectivity index (χ2n) is 6.08. The lowest BCUT2D eigenvalue weighted by atomic mass is 9.86. The summed E-state index contributed by atoms with van der Waals surface area (Å²) in [5.74, 6) is 0. The highest BCUT2D eigenvalue weighted by atomic mass is 14.9. The van der Waals surface area contributed by atoms with Crippen LogP contribution in [0.15, 0.2) is 53.1 Å². The van der Waals surface area contributed by atoms with Crippen molar-refractivity contribution in [2.24, 2.45) is 0 Å². The first-order valence-corrected chi connectivity index (χ1v) is 8.15. The Hall–Kier alpha value is -1.60. The van der Waals surface area contributed by atoms with Gasteiger partial charge in [-0.05, 0) is 74.9 Å². The highest BCUT2D eigenvalue weighted by molar-refractivity contribution is 5.87. The summed E-state index contributed by atoms with van der Waals surface area (Å²) in [6.45, 7) is 6.66. The fraction of sp³-hybridized carbons (Fsp3) is 0.400. The first-order chi connectivity index (χ1) is 10.3. The van der Waals surface area contributed by atoms with Crippen LogP contribution in [-0.2, 0) is 6.42 Å². The van der Waals surface area contributed by atoms with E-state index in [0.717, 1.165) is 19.5 Å². The lowest BCUT2D eigenvalue weighted by Crippen LogP contribution is -2.24. The minimum Gasteiger partial charge on any atom is -0.316 e. The second-order valence-corrected chi connectivity index (χ2v) is 6.08. The Bertz CT molecular complexity index is 608. The topological polar surface area (TPSA) is 12.0 Å². The molecule has 0 unspecified atom stereocenters. The van der Waals surface area contributed by atoms with E-state index < -0.39 is 0 Å². The van der Waals surface area contributed by atoms with Gasteiger partial charge in [0.25, 0.3) is 0 Å². The van der Waals surface area contributed by atoms with Gasteiger partial charge in [-0.1, -0.05) is 47.6 Å². The summed E-state index contributed by atoms with van der Waals surface area (Å²) in [5.41, 5.74) is 9.15. The molecular weight excluding hydrogens is 254 g/mol. The third kappa shape index (κ3) is 2.89. The summed E-state index contributed by atoms with van der Waals surface area (Å²) < 4.78 is 0. The first kappa shape index (κ1) is 14.3. The van der Waals surface area contributed by atoms with Gasteiger partial charge in [-0.15, -0.1) is 0 Å². The second kappa shape index (κ2) is 6.44. The van der Waals surface area contributed by atoms with Gasteiger partial charge < -0.3 is 5.32 Å². The summed E-state index contributed by atoms with van der Waals surface area (Å²) in [6.07, 6.45) is 9.20. The zero-order valence-corrected chi connectivity index (χ0v) is 13.2. The molecule has 1 saturated heterocycles. The molecule has 0 aromatic heterocycles. The minimum absolute atomic E-state index is 1.11. The average Bonchev–Trinajstić information content (AvgIpc) is 2.67. The van der Waals surface area contributed by atoms with Crippen molar-refractivity contribution in [2.75, 3.05) is 13.1 Å². The van der Waals surface area contributed by atoms with Crippen molar-refractivity contribution in [3.8, 4) is 0 Å². The minimum atomic E-state index is 1.11. The molecule has 1 nitrogen and oxygen atoms in total. The summed E-state index contributed by atoms with van der Waals surface area (Å²) in [7, 11) is 0. The normalized spacial score (nSPS) is 19.9. The van der Waals surface area contributed by atoms with Crippen molar-refractivity contribution >= 4 is 5.57 Å². The van der Waals surface area contributed by atoms with Gasteiger partial charge in [0.05, 0.1) is 0 Å². The predicted octanol–water partition coefficient (Wildman–Crippen LogP) is 4.66. The van der Waals surface area contributed by atoms with Gasteiger partial charge in [-0.25, -0.2) is 0 Å². The van der Waals surface area contributed by atoms with Gasteiger partial charge in [0.2, 0.25) is 0 Å². The fourth-order valence-electron chi connectivity index (χ4n) is 3.55. The molecule has 0 bridgehead atoms. The Labute approximate surface area is 128 Å². The van der Waals surface area contributed by atoms with Crippen molar-refractivity contribution in [1.82, 2.24) is 5.32 Å². The standard InChI is InChI=1S/C20H25N/c1-3-6-18-15(2)9-10-16-7-4-5-8-19(16)20(18)17-11-13-21-14-12-17/h3-8,21H,9-14H2,1-2H3/b6-3-. The predicted molar refractivity (Wildman–Crippen MR) is 91.3 cm³/mol. The van der Waals surface area contributed by atoms with E-state index in [2.05, 4.69) is 55.6 Å². The van der Waals surface area contributed by atoms with E-state index in [0.29, 0.717) is 0 Å². The van der Waals surface area contributed by atoms with Gasteiger partial charge in [0.1, 0.15) is 0 Å². The van der Waals surface area contributed by atoms with E-state index in [9.17, 15) is 0 Å². The highest BCUT2D eigenvalue weighted by Gasteiger charge is 2.21. The monoisotopic (exact) mass is 279 g/mol. The number of nitrogens with one attached hydrogen (secondary N) is 1. The summed E-state index contributed by atoms with van der Waals surface area (Å²) >= 11 is 0. The number of aryl methyl sites for hydroxylation is 1. The van der Waals surface area contributed by atoms with Crippen molar-refractivity contribution in [1.29, 1.82) is 0 Å². The first-order valence-electron chi connectivity index (χ1n) is 8.15. The third-order valence-electron chi connectivity index (χ3n) is 4.68. The quantitative estimate of drug-likeness (QED) is 0.788. The molecule has 1 heteroatoms. The van der Waals surface area contributed by atoms with Gasteiger partial charge in [0.15, 0.2) is 0 Å². The zero-order chi connectivity index (χ0) is 14.7. The van der Waals surface area contributed by atoms with E-state index in [4.69, 9.17) is 0 Å². The van der Waals surface area contributed by atoms with Crippen molar-refractivity contribution in [3.05, 3.63) is 64.3 Å². The number of rotatable bonds is 1. The molecule has 0 saturated carbocycles. The molecule has 0 radical (unpaired) electrons. The third-order valence-corrected chi connectivity index (χ3v) is 4.68. The van der Waals surface area contributed by atoms with Crippen LogP contribution >= 0.6 is 0 Å². The van der Waals surface area contributed by atoms with Crippen LogP contribution < -0.4 is 5.32 Å². The van der Waals surface area contributed by atoms with Crippen LogP contribution in [0.2, 0.25) is 0 Å². The van der Waals surface area contributed by atoms with Crippen LogP contribution in [0.5, 0.6) is 0 Å². The largest absolute Gasteiger partial charge is 0.316 e. The Kier molecular flexibility index (Phi) is 4.40. The lowest BCUT2D eigenvalue weighted by molar-refractivity contribution is 0.611. The molecule has 1 aliphatic heterocycles. The zero-order valence-electron chi connectivity index (χ0n) is 13.2. The Morgan fingerprint density at radius 1 is 1.00 bits per heavy atom. The summed E-state index contributed by atoms with van der Waals surface area (Å²) in [6, 6.07) is 9.00. The molecule has 2 aliphatic rings. The molecule has 0 atom stereocenters. The Balaban J connectivity index is 2.23.